The number of cyclic esters (lactones) is 1. The molecular formula is C8H2Br4NaO5S. The second kappa shape index (κ2) is 6.33. The van der Waals surface area contributed by atoms with Crippen molar-refractivity contribution in [1.29, 1.82) is 0 Å². The summed E-state index contributed by atoms with van der Waals surface area (Å²) in [7, 11) is -4.55. The number of fused-ring (bicyclic) bond motifs is 1. The molecular weight excluding hydrogens is 551 g/mol. The molecule has 2 rings (SSSR count). The Labute approximate surface area is 164 Å². The summed E-state index contributed by atoms with van der Waals surface area (Å²) in [4.78, 5) is 11.7. The van der Waals surface area contributed by atoms with Crippen LogP contribution in [0.25, 0.3) is 0 Å². The molecule has 1 atom stereocenters. The zero-order valence-electron chi connectivity index (χ0n) is 9.08. The Morgan fingerprint density at radius 2 is 1.47 bits per heavy atom. The molecule has 0 saturated heterocycles. The van der Waals surface area contributed by atoms with Crippen LogP contribution >= 0.6 is 63.7 Å². The van der Waals surface area contributed by atoms with Crippen LogP contribution in [0.2, 0.25) is 0 Å². The van der Waals surface area contributed by atoms with E-state index in [9.17, 15) is 13.2 Å². The number of halogens is 4. The largest absolute Gasteiger partial charge is 0.435 e. The van der Waals surface area contributed by atoms with Gasteiger partial charge in [-0.05, 0) is 63.7 Å². The van der Waals surface area contributed by atoms with E-state index in [-0.39, 0.29) is 40.7 Å². The molecule has 1 heterocycles. The van der Waals surface area contributed by atoms with Crippen LogP contribution in [-0.4, -0.2) is 48.5 Å². The molecule has 11 heteroatoms. The first kappa shape index (κ1) is 18.6. The van der Waals surface area contributed by atoms with Crippen molar-refractivity contribution in [2.24, 2.45) is 0 Å². The molecule has 0 spiro atoms. The maximum absolute atomic E-state index is 11.7. The maximum Gasteiger partial charge on any atom is 0.341 e. The van der Waals surface area contributed by atoms with Gasteiger partial charge in [-0.15, -0.1) is 0 Å². The quantitative estimate of drug-likeness (QED) is 0.190. The van der Waals surface area contributed by atoms with Crippen LogP contribution in [0.4, 0.5) is 0 Å². The minimum absolute atomic E-state index is 0. The molecule has 99 valence electrons. The Kier molecular flexibility index (Phi) is 6.19. The fourth-order valence-electron chi connectivity index (χ4n) is 1.49. The first-order chi connectivity index (χ1) is 8.16. The summed E-state index contributed by atoms with van der Waals surface area (Å²) < 4.78 is 37.9. The second-order valence-corrected chi connectivity index (χ2v) is 7.93. The van der Waals surface area contributed by atoms with Crippen LogP contribution in [0, 0.1) is 0 Å². The van der Waals surface area contributed by atoms with E-state index >= 15 is 0 Å². The van der Waals surface area contributed by atoms with Crippen molar-refractivity contribution in [1.82, 2.24) is 0 Å². The van der Waals surface area contributed by atoms with E-state index in [1.54, 1.807) is 0 Å². The summed E-state index contributed by atoms with van der Waals surface area (Å²) in [5.41, 5.74) is -1.61. The van der Waals surface area contributed by atoms with Crippen molar-refractivity contribution in [2.75, 3.05) is 0 Å². The van der Waals surface area contributed by atoms with Gasteiger partial charge in [0.1, 0.15) is 0 Å². The average molecular weight is 553 g/mol. The van der Waals surface area contributed by atoms with Crippen LogP contribution in [0.3, 0.4) is 0 Å². The fraction of sp³-hybridized carbons (Fsp3) is 0.125. The van der Waals surface area contributed by atoms with Gasteiger partial charge in [0.2, 0.25) is 0 Å². The summed E-state index contributed by atoms with van der Waals surface area (Å²) in [5.74, 6) is -0.826. The topological polar surface area (TPSA) is 80.7 Å². The van der Waals surface area contributed by atoms with Crippen molar-refractivity contribution in [3.63, 3.8) is 0 Å². The van der Waals surface area contributed by atoms with Crippen molar-refractivity contribution in [3.05, 3.63) is 29.0 Å². The molecule has 0 fully saturated rings. The Bertz CT molecular complexity index is 674. The summed E-state index contributed by atoms with van der Waals surface area (Å²) >= 11 is 12.8. The predicted molar refractivity (Wildman–Crippen MR) is 82.7 cm³/mol. The molecule has 5 nitrogen and oxygen atoms in total. The van der Waals surface area contributed by atoms with E-state index in [1.165, 1.54) is 0 Å². The van der Waals surface area contributed by atoms with Crippen LogP contribution < -0.4 is 0 Å². The number of ether oxygens (including phenoxy) is 1. The Morgan fingerprint density at radius 1 is 1.00 bits per heavy atom. The summed E-state index contributed by atoms with van der Waals surface area (Å²) in [6, 6.07) is 0. The number of hydrogen-bond acceptors (Lipinski definition) is 4. The van der Waals surface area contributed by atoms with Crippen LogP contribution in [0.15, 0.2) is 17.9 Å². The molecule has 0 saturated carbocycles. The SMILES string of the molecule is O=C1OC(S(=O)(=O)O)c2c(Br)c(Br)c(Br)c(Br)c21.[Na]. The average Bonchev–Trinajstić information content (AvgIpc) is 2.61. The smallest absolute Gasteiger partial charge is 0.341 e. The fourth-order valence-corrected chi connectivity index (χ4v) is 4.91. The number of rotatable bonds is 1. The maximum atomic E-state index is 11.7. The molecule has 0 amide bonds. The Morgan fingerprint density at radius 3 is 1.95 bits per heavy atom. The number of carbonyl (C=O) groups is 1. The number of esters is 1. The molecule has 0 bridgehead atoms. The van der Waals surface area contributed by atoms with Crippen molar-refractivity contribution in [2.45, 2.75) is 5.44 Å². The Hall–Kier alpha value is 1.52. The van der Waals surface area contributed by atoms with Gasteiger partial charge < -0.3 is 4.74 Å². The van der Waals surface area contributed by atoms with E-state index < -0.39 is 21.5 Å². The molecule has 19 heavy (non-hydrogen) atoms. The van der Waals surface area contributed by atoms with Gasteiger partial charge in [0.25, 0.3) is 5.44 Å². The van der Waals surface area contributed by atoms with Gasteiger partial charge in [0.05, 0.1) is 5.56 Å². The molecule has 1 aromatic carbocycles. The minimum Gasteiger partial charge on any atom is -0.435 e. The van der Waals surface area contributed by atoms with E-state index in [4.69, 9.17) is 4.55 Å². The molecule has 0 aliphatic carbocycles. The number of carbonyl (C=O) groups excluding carboxylic acids is 1. The van der Waals surface area contributed by atoms with E-state index in [0.717, 1.165) is 0 Å². The normalized spacial score (nSPS) is 17.7. The zero-order chi connectivity index (χ0) is 13.8. The van der Waals surface area contributed by atoms with Crippen LogP contribution in [0.5, 0.6) is 0 Å². The first-order valence-electron chi connectivity index (χ1n) is 4.19. The van der Waals surface area contributed by atoms with Gasteiger partial charge in [-0.2, -0.15) is 8.42 Å². The molecule has 1 aromatic rings. The molecule has 1 aliphatic rings. The molecule has 1 unspecified atom stereocenters. The zero-order valence-corrected chi connectivity index (χ0v) is 18.2. The van der Waals surface area contributed by atoms with Gasteiger partial charge in [-0.3, -0.25) is 4.55 Å². The summed E-state index contributed by atoms with van der Waals surface area (Å²) in [5, 5.41) is 0. The third-order valence-electron chi connectivity index (χ3n) is 2.23. The minimum atomic E-state index is -4.55. The molecule has 1 N–H and O–H groups in total. The standard InChI is InChI=1S/C8H2Br4O5S.Na/c9-3-1-2(4(10)6(12)5(3)11)8(17-7(1)13)18(14,15)16;/h8H,(H,14,15,16);. The van der Waals surface area contributed by atoms with Crippen molar-refractivity contribution < 1.29 is 22.5 Å². The van der Waals surface area contributed by atoms with Crippen LogP contribution in [0.1, 0.15) is 21.4 Å². The number of benzene rings is 1. The molecule has 0 aromatic heterocycles. The molecule has 1 aliphatic heterocycles. The van der Waals surface area contributed by atoms with E-state index in [1.807, 2.05) is 0 Å². The summed E-state index contributed by atoms with van der Waals surface area (Å²) in [6.45, 7) is 0. The monoisotopic (exact) mass is 549 g/mol. The predicted octanol–water partition coefficient (Wildman–Crippen LogP) is 3.41. The van der Waals surface area contributed by atoms with Gasteiger partial charge in [0, 0.05) is 53.0 Å². The first-order valence-corrected chi connectivity index (χ1v) is 8.87. The van der Waals surface area contributed by atoms with Crippen LogP contribution in [-0.2, 0) is 14.9 Å². The summed E-state index contributed by atoms with van der Waals surface area (Å²) in [6.07, 6.45) is 0. The second-order valence-electron chi connectivity index (χ2n) is 3.30. The van der Waals surface area contributed by atoms with E-state index in [0.29, 0.717) is 17.9 Å². The Balaban J connectivity index is 0.00000180. The third-order valence-corrected chi connectivity index (χ3v) is 7.90. The van der Waals surface area contributed by atoms with Crippen molar-refractivity contribution in [3.8, 4) is 0 Å². The number of hydrogen-bond donors (Lipinski definition) is 1. The molecule has 1 radical (unpaired) electrons. The third kappa shape index (κ3) is 3.16. The van der Waals surface area contributed by atoms with E-state index in [2.05, 4.69) is 68.5 Å². The van der Waals surface area contributed by atoms with Crippen molar-refractivity contribution >= 4 is 109 Å². The van der Waals surface area contributed by atoms with Gasteiger partial charge in [-0.25, -0.2) is 4.79 Å². The van der Waals surface area contributed by atoms with Gasteiger partial charge in [0.15, 0.2) is 0 Å². The van der Waals surface area contributed by atoms with Gasteiger partial charge >= 0.3 is 16.1 Å². The van der Waals surface area contributed by atoms with Gasteiger partial charge in [-0.1, -0.05) is 0 Å².